The quantitative estimate of drug-likeness (QED) is 0.664. The molecule has 0 radical (unpaired) electrons. The van der Waals surface area contributed by atoms with Gasteiger partial charge in [0.25, 0.3) is 0 Å². The van der Waals surface area contributed by atoms with Crippen molar-refractivity contribution in [1.29, 1.82) is 0 Å². The van der Waals surface area contributed by atoms with Gasteiger partial charge in [-0.15, -0.1) is 0 Å². The van der Waals surface area contributed by atoms with Crippen molar-refractivity contribution in [3.05, 3.63) is 35.1 Å². The molecule has 1 aliphatic heterocycles. The van der Waals surface area contributed by atoms with Gasteiger partial charge in [0.2, 0.25) is 0 Å². The van der Waals surface area contributed by atoms with Crippen molar-refractivity contribution in [3.8, 4) is 11.4 Å². The van der Waals surface area contributed by atoms with Crippen LogP contribution in [0.15, 0.2) is 30.3 Å². The fourth-order valence-corrected chi connectivity index (χ4v) is 5.18. The Bertz CT molecular complexity index is 906. The van der Waals surface area contributed by atoms with Crippen LogP contribution in [-0.4, -0.2) is 65.5 Å². The van der Waals surface area contributed by atoms with E-state index < -0.39 is 9.84 Å². The Balaban J connectivity index is 1.86. The standard InChI is InChI=1S/C17H24N4O3S2/c1-19-16(14-6-4-3-5-7-14)18-21(17(19)25)13-20(9-10-24-2)15-8-11-26(22,23)12-15/h3-7,15H,8-13H2,1-2H3/t15-/m1/s1. The second-order valence-electron chi connectivity index (χ2n) is 6.53. The van der Waals surface area contributed by atoms with E-state index in [1.54, 1.807) is 11.8 Å². The molecule has 142 valence electrons. The lowest BCUT2D eigenvalue weighted by Crippen LogP contribution is -2.40. The van der Waals surface area contributed by atoms with Gasteiger partial charge in [0.1, 0.15) is 0 Å². The predicted octanol–water partition coefficient (Wildman–Crippen LogP) is 1.71. The zero-order valence-electron chi connectivity index (χ0n) is 15.0. The van der Waals surface area contributed by atoms with E-state index in [4.69, 9.17) is 17.0 Å². The van der Waals surface area contributed by atoms with E-state index in [0.29, 0.717) is 31.0 Å². The molecule has 7 nitrogen and oxygen atoms in total. The van der Waals surface area contributed by atoms with Crippen LogP contribution >= 0.6 is 12.2 Å². The highest BCUT2D eigenvalue weighted by atomic mass is 32.2. The molecule has 1 saturated heterocycles. The topological polar surface area (TPSA) is 69.4 Å². The first-order valence-corrected chi connectivity index (χ1v) is 10.8. The summed E-state index contributed by atoms with van der Waals surface area (Å²) in [5.74, 6) is 1.22. The fraction of sp³-hybridized carbons (Fsp3) is 0.529. The molecular weight excluding hydrogens is 372 g/mol. The lowest BCUT2D eigenvalue weighted by Gasteiger charge is -2.27. The summed E-state index contributed by atoms with van der Waals surface area (Å²) < 4.78 is 33.2. The molecule has 1 fully saturated rings. The zero-order valence-corrected chi connectivity index (χ0v) is 16.7. The molecule has 0 N–H and O–H groups in total. The van der Waals surface area contributed by atoms with Crippen molar-refractivity contribution in [1.82, 2.24) is 19.2 Å². The number of nitrogens with zero attached hydrogens (tertiary/aromatic N) is 4. The van der Waals surface area contributed by atoms with Crippen molar-refractivity contribution in [3.63, 3.8) is 0 Å². The second kappa shape index (κ2) is 7.99. The summed E-state index contributed by atoms with van der Waals surface area (Å²) in [6, 6.07) is 9.85. The smallest absolute Gasteiger partial charge is 0.199 e. The van der Waals surface area contributed by atoms with Crippen LogP contribution in [0.2, 0.25) is 0 Å². The largest absolute Gasteiger partial charge is 0.383 e. The monoisotopic (exact) mass is 396 g/mol. The number of aromatic nitrogens is 3. The summed E-state index contributed by atoms with van der Waals surface area (Å²) in [5.41, 5.74) is 0.992. The van der Waals surface area contributed by atoms with E-state index in [0.717, 1.165) is 11.4 Å². The molecule has 9 heteroatoms. The third-order valence-corrected chi connectivity index (χ3v) is 6.93. The highest BCUT2D eigenvalue weighted by molar-refractivity contribution is 7.91. The van der Waals surface area contributed by atoms with E-state index in [1.807, 2.05) is 41.9 Å². The van der Waals surface area contributed by atoms with Gasteiger partial charge in [-0.2, -0.15) is 5.10 Å². The Labute approximate surface area is 159 Å². The van der Waals surface area contributed by atoms with Gasteiger partial charge < -0.3 is 9.30 Å². The van der Waals surface area contributed by atoms with E-state index >= 15 is 0 Å². The van der Waals surface area contributed by atoms with Gasteiger partial charge in [-0.1, -0.05) is 30.3 Å². The van der Waals surface area contributed by atoms with Crippen LogP contribution < -0.4 is 0 Å². The lowest BCUT2D eigenvalue weighted by atomic mass is 10.2. The van der Waals surface area contributed by atoms with Gasteiger partial charge in [-0.05, 0) is 18.6 Å². The van der Waals surface area contributed by atoms with Crippen molar-refractivity contribution in [2.45, 2.75) is 19.1 Å². The number of rotatable bonds is 7. The van der Waals surface area contributed by atoms with Gasteiger partial charge in [-0.25, -0.2) is 13.1 Å². The number of benzene rings is 1. The van der Waals surface area contributed by atoms with Crippen LogP contribution in [-0.2, 0) is 28.3 Å². The maximum Gasteiger partial charge on any atom is 0.199 e. The third kappa shape index (κ3) is 4.22. The Hall–Kier alpha value is -1.55. The van der Waals surface area contributed by atoms with Gasteiger partial charge in [0.05, 0.1) is 24.8 Å². The SMILES string of the molecule is COCCN(Cn1nc(-c2ccccc2)n(C)c1=S)[C@@H]1CCS(=O)(=O)C1. The van der Waals surface area contributed by atoms with E-state index in [1.165, 1.54) is 0 Å². The van der Waals surface area contributed by atoms with E-state index in [9.17, 15) is 8.42 Å². The maximum absolute atomic E-state index is 11.9. The molecule has 1 aliphatic rings. The first-order chi connectivity index (χ1) is 12.4. The van der Waals surface area contributed by atoms with Gasteiger partial charge in [-0.3, -0.25) is 4.90 Å². The molecule has 0 unspecified atom stereocenters. The van der Waals surface area contributed by atoms with Gasteiger partial charge in [0, 0.05) is 32.3 Å². The third-order valence-electron chi connectivity index (χ3n) is 4.70. The Morgan fingerprint density at radius 1 is 1.35 bits per heavy atom. The highest BCUT2D eigenvalue weighted by Gasteiger charge is 2.32. The van der Waals surface area contributed by atoms with Crippen LogP contribution in [0.25, 0.3) is 11.4 Å². The summed E-state index contributed by atoms with van der Waals surface area (Å²) in [7, 11) is 0.582. The molecular formula is C17H24N4O3S2. The van der Waals surface area contributed by atoms with Crippen LogP contribution in [0.5, 0.6) is 0 Å². The fourth-order valence-electron chi connectivity index (χ4n) is 3.23. The number of methoxy groups -OCH3 is 1. The molecule has 26 heavy (non-hydrogen) atoms. The molecule has 1 aromatic heterocycles. The molecule has 1 atom stereocenters. The summed E-state index contributed by atoms with van der Waals surface area (Å²) in [4.78, 5) is 2.10. The number of hydrogen-bond donors (Lipinski definition) is 0. The van der Waals surface area contributed by atoms with Crippen LogP contribution in [0.3, 0.4) is 0 Å². The predicted molar refractivity (Wildman–Crippen MR) is 103 cm³/mol. The van der Waals surface area contributed by atoms with Crippen LogP contribution in [0.1, 0.15) is 6.42 Å². The molecule has 0 bridgehead atoms. The second-order valence-corrected chi connectivity index (χ2v) is 9.13. The first-order valence-electron chi connectivity index (χ1n) is 8.54. The van der Waals surface area contributed by atoms with Crippen LogP contribution in [0, 0.1) is 4.77 Å². The molecule has 0 spiro atoms. The summed E-state index contributed by atoms with van der Waals surface area (Å²) in [6.07, 6.45) is 0.637. The summed E-state index contributed by atoms with van der Waals surface area (Å²) in [6.45, 7) is 1.61. The van der Waals surface area contributed by atoms with Crippen molar-refractivity contribution in [2.24, 2.45) is 7.05 Å². The zero-order chi connectivity index (χ0) is 18.7. The Kier molecular flexibility index (Phi) is 5.91. The summed E-state index contributed by atoms with van der Waals surface area (Å²) >= 11 is 5.55. The average Bonchev–Trinajstić information content (AvgIpc) is 3.13. The molecule has 0 amide bonds. The molecule has 2 aromatic rings. The normalized spacial score (nSPS) is 19.3. The number of sulfone groups is 1. The minimum Gasteiger partial charge on any atom is -0.383 e. The van der Waals surface area contributed by atoms with E-state index in [-0.39, 0.29) is 17.5 Å². The van der Waals surface area contributed by atoms with Crippen molar-refractivity contribution < 1.29 is 13.2 Å². The highest BCUT2D eigenvalue weighted by Crippen LogP contribution is 2.20. The minimum absolute atomic E-state index is 0.0285. The average molecular weight is 397 g/mol. The Morgan fingerprint density at radius 2 is 2.08 bits per heavy atom. The summed E-state index contributed by atoms with van der Waals surface area (Å²) in [5, 5.41) is 4.68. The molecule has 1 aromatic carbocycles. The van der Waals surface area contributed by atoms with Crippen LogP contribution in [0.4, 0.5) is 0 Å². The first kappa shape index (κ1) is 19.2. The lowest BCUT2D eigenvalue weighted by molar-refractivity contribution is 0.0980. The van der Waals surface area contributed by atoms with E-state index in [2.05, 4.69) is 10.00 Å². The minimum atomic E-state index is -2.96. The van der Waals surface area contributed by atoms with Crippen molar-refractivity contribution >= 4 is 22.1 Å². The number of ether oxygens (including phenoxy) is 1. The molecule has 0 aliphatic carbocycles. The molecule has 3 rings (SSSR count). The molecule has 2 heterocycles. The van der Waals surface area contributed by atoms with Crippen molar-refractivity contribution in [2.75, 3.05) is 31.8 Å². The number of hydrogen-bond acceptors (Lipinski definition) is 6. The van der Waals surface area contributed by atoms with Gasteiger partial charge >= 0.3 is 0 Å². The maximum atomic E-state index is 11.9. The van der Waals surface area contributed by atoms with Gasteiger partial charge in [0.15, 0.2) is 20.4 Å². The molecule has 0 saturated carbocycles. The Morgan fingerprint density at radius 3 is 2.69 bits per heavy atom.